The molecule has 1 N–H and O–H groups in total. The molecule has 6 nitrogen and oxygen atoms in total. The van der Waals surface area contributed by atoms with E-state index in [-0.39, 0.29) is 11.3 Å². The standard InChI is InChI=1S/C35H49NO5/c1-4-5-6-7-8-9-10-11-12-13-14-15-16-20-25-36-32(28-23-24-29(40-2)30(26-28)41-3)31(34(38)35(36)39)33(37)27-21-18-17-19-22-27/h17-19,21-24,26,32,37H,4-16,20,25H2,1-3H3. The number of methoxy groups -OCH3 is 2. The lowest BCUT2D eigenvalue weighted by atomic mass is 9.95. The molecule has 224 valence electrons. The van der Waals surface area contributed by atoms with Crippen molar-refractivity contribution in [1.29, 1.82) is 0 Å². The molecule has 41 heavy (non-hydrogen) atoms. The number of amides is 1. The van der Waals surface area contributed by atoms with Crippen LogP contribution in [0.4, 0.5) is 0 Å². The van der Waals surface area contributed by atoms with E-state index in [1.165, 1.54) is 70.6 Å². The largest absolute Gasteiger partial charge is 0.507 e. The number of hydrogen-bond acceptors (Lipinski definition) is 5. The fourth-order valence-corrected chi connectivity index (χ4v) is 5.71. The van der Waals surface area contributed by atoms with Crippen molar-refractivity contribution in [2.45, 2.75) is 103 Å². The van der Waals surface area contributed by atoms with E-state index >= 15 is 0 Å². The maximum absolute atomic E-state index is 13.3. The van der Waals surface area contributed by atoms with Crippen LogP contribution in [0.5, 0.6) is 11.5 Å². The topological polar surface area (TPSA) is 76.1 Å². The number of ether oxygens (including phenoxy) is 2. The molecule has 3 rings (SSSR count). The van der Waals surface area contributed by atoms with Crippen LogP contribution in [0, 0.1) is 0 Å². The lowest BCUT2D eigenvalue weighted by Crippen LogP contribution is -2.30. The fourth-order valence-electron chi connectivity index (χ4n) is 5.71. The van der Waals surface area contributed by atoms with Crippen LogP contribution in [0.2, 0.25) is 0 Å². The summed E-state index contributed by atoms with van der Waals surface area (Å²) in [5, 5.41) is 11.2. The Morgan fingerprint density at radius 1 is 0.732 bits per heavy atom. The van der Waals surface area contributed by atoms with Crippen LogP contribution in [-0.4, -0.2) is 42.5 Å². The van der Waals surface area contributed by atoms with E-state index in [2.05, 4.69) is 6.92 Å². The summed E-state index contributed by atoms with van der Waals surface area (Å²) in [6.07, 6.45) is 17.5. The summed E-state index contributed by atoms with van der Waals surface area (Å²) in [6, 6.07) is 13.6. The number of carbonyl (C=O) groups excluding carboxylic acids is 2. The first kappa shape index (κ1) is 32.2. The molecular formula is C35H49NO5. The number of benzene rings is 2. The molecule has 0 aromatic heterocycles. The maximum Gasteiger partial charge on any atom is 0.295 e. The van der Waals surface area contributed by atoms with Gasteiger partial charge in [0.25, 0.3) is 11.7 Å². The number of unbranched alkanes of at least 4 members (excludes halogenated alkanes) is 13. The minimum Gasteiger partial charge on any atom is -0.507 e. The molecule has 0 saturated carbocycles. The summed E-state index contributed by atoms with van der Waals surface area (Å²) in [5.74, 6) is -0.323. The number of rotatable bonds is 19. The van der Waals surface area contributed by atoms with E-state index in [9.17, 15) is 14.7 Å². The van der Waals surface area contributed by atoms with Crippen molar-refractivity contribution in [3.8, 4) is 11.5 Å². The fraction of sp³-hybridized carbons (Fsp3) is 0.543. The van der Waals surface area contributed by atoms with E-state index in [4.69, 9.17) is 9.47 Å². The molecule has 0 aliphatic carbocycles. The third-order valence-corrected chi connectivity index (χ3v) is 8.06. The van der Waals surface area contributed by atoms with E-state index in [0.29, 0.717) is 29.2 Å². The van der Waals surface area contributed by atoms with Crippen molar-refractivity contribution in [2.24, 2.45) is 0 Å². The van der Waals surface area contributed by atoms with Crippen LogP contribution in [0.15, 0.2) is 54.1 Å². The van der Waals surface area contributed by atoms with E-state index in [1.54, 1.807) is 55.5 Å². The number of nitrogens with zero attached hydrogens (tertiary/aromatic N) is 1. The molecule has 1 saturated heterocycles. The molecule has 1 fully saturated rings. The van der Waals surface area contributed by atoms with Crippen molar-refractivity contribution in [2.75, 3.05) is 20.8 Å². The Bertz CT molecular complexity index is 1130. The highest BCUT2D eigenvalue weighted by atomic mass is 16.5. The zero-order chi connectivity index (χ0) is 29.5. The first-order valence-corrected chi connectivity index (χ1v) is 15.6. The maximum atomic E-state index is 13.3. The number of ketones is 1. The van der Waals surface area contributed by atoms with Gasteiger partial charge in [0.2, 0.25) is 0 Å². The second-order valence-corrected chi connectivity index (χ2v) is 11.1. The average Bonchev–Trinajstić information content (AvgIpc) is 3.25. The molecule has 2 aromatic carbocycles. The van der Waals surface area contributed by atoms with Gasteiger partial charge in [-0.3, -0.25) is 9.59 Å². The van der Waals surface area contributed by atoms with Crippen LogP contribution >= 0.6 is 0 Å². The summed E-state index contributed by atoms with van der Waals surface area (Å²) in [4.78, 5) is 28.1. The van der Waals surface area contributed by atoms with Gasteiger partial charge in [-0.05, 0) is 24.1 Å². The zero-order valence-electron chi connectivity index (χ0n) is 25.3. The van der Waals surface area contributed by atoms with Gasteiger partial charge >= 0.3 is 0 Å². The second-order valence-electron chi connectivity index (χ2n) is 11.1. The monoisotopic (exact) mass is 563 g/mol. The highest BCUT2D eigenvalue weighted by Gasteiger charge is 2.46. The smallest absolute Gasteiger partial charge is 0.295 e. The van der Waals surface area contributed by atoms with Crippen molar-refractivity contribution >= 4 is 17.4 Å². The normalized spacial score (nSPS) is 16.4. The molecule has 1 aliphatic rings. The van der Waals surface area contributed by atoms with Crippen molar-refractivity contribution in [3.63, 3.8) is 0 Å². The highest BCUT2D eigenvalue weighted by Crippen LogP contribution is 2.42. The van der Waals surface area contributed by atoms with E-state index in [0.717, 1.165) is 19.3 Å². The highest BCUT2D eigenvalue weighted by molar-refractivity contribution is 6.46. The third kappa shape index (κ3) is 9.11. The summed E-state index contributed by atoms with van der Waals surface area (Å²) in [6.45, 7) is 2.71. The summed E-state index contributed by atoms with van der Waals surface area (Å²) in [5.41, 5.74) is 1.32. The van der Waals surface area contributed by atoms with Crippen molar-refractivity contribution in [3.05, 3.63) is 65.2 Å². The number of aliphatic hydroxyl groups is 1. The van der Waals surface area contributed by atoms with E-state index < -0.39 is 17.7 Å². The van der Waals surface area contributed by atoms with Gasteiger partial charge in [-0.15, -0.1) is 0 Å². The van der Waals surface area contributed by atoms with Crippen LogP contribution in [-0.2, 0) is 9.59 Å². The Balaban J connectivity index is 1.59. The van der Waals surface area contributed by atoms with Gasteiger partial charge in [0.05, 0.1) is 25.8 Å². The molecule has 0 radical (unpaired) electrons. The molecular weight excluding hydrogens is 514 g/mol. The number of hydrogen-bond donors (Lipinski definition) is 1. The van der Waals surface area contributed by atoms with E-state index in [1.807, 2.05) is 12.1 Å². The Morgan fingerprint density at radius 2 is 1.27 bits per heavy atom. The first-order valence-electron chi connectivity index (χ1n) is 15.6. The molecule has 1 atom stereocenters. The minimum absolute atomic E-state index is 0.110. The second kappa shape index (κ2) is 17.5. The number of Topliss-reactive ketones (excluding diaryl/α,β-unsaturated/α-hetero) is 1. The molecule has 1 heterocycles. The Kier molecular flexibility index (Phi) is 13.8. The molecule has 0 spiro atoms. The van der Waals surface area contributed by atoms with Crippen LogP contribution < -0.4 is 9.47 Å². The van der Waals surface area contributed by atoms with Gasteiger partial charge in [0.1, 0.15) is 5.76 Å². The molecule has 1 aliphatic heterocycles. The summed E-state index contributed by atoms with van der Waals surface area (Å²) in [7, 11) is 3.12. The first-order chi connectivity index (χ1) is 20.0. The Hall–Kier alpha value is -3.28. The molecule has 1 amide bonds. The lowest BCUT2D eigenvalue weighted by molar-refractivity contribution is -0.139. The van der Waals surface area contributed by atoms with Gasteiger partial charge in [0, 0.05) is 12.1 Å². The third-order valence-electron chi connectivity index (χ3n) is 8.06. The number of carbonyl (C=O) groups is 2. The zero-order valence-corrected chi connectivity index (χ0v) is 25.3. The summed E-state index contributed by atoms with van der Waals surface area (Å²) >= 11 is 0. The van der Waals surface area contributed by atoms with Gasteiger partial charge < -0.3 is 19.5 Å². The Morgan fingerprint density at radius 3 is 1.80 bits per heavy atom. The molecule has 6 heteroatoms. The molecule has 1 unspecified atom stereocenters. The van der Waals surface area contributed by atoms with Gasteiger partial charge in [-0.1, -0.05) is 127 Å². The summed E-state index contributed by atoms with van der Waals surface area (Å²) < 4.78 is 10.9. The number of aliphatic hydroxyl groups excluding tert-OH is 1. The average molecular weight is 564 g/mol. The minimum atomic E-state index is -0.697. The Labute approximate surface area is 246 Å². The quantitative estimate of drug-likeness (QED) is 0.0801. The van der Waals surface area contributed by atoms with Crippen LogP contribution in [0.25, 0.3) is 5.76 Å². The van der Waals surface area contributed by atoms with Crippen molar-refractivity contribution < 1.29 is 24.2 Å². The molecule has 2 aromatic rings. The predicted octanol–water partition coefficient (Wildman–Crippen LogP) is 8.61. The molecule has 0 bridgehead atoms. The van der Waals surface area contributed by atoms with Gasteiger partial charge in [-0.25, -0.2) is 0 Å². The van der Waals surface area contributed by atoms with Gasteiger partial charge in [-0.2, -0.15) is 0 Å². The SMILES string of the molecule is CCCCCCCCCCCCCCCCN1C(=O)C(=O)C(=C(O)c2ccccc2)C1c1ccc(OC)c(OC)c1. The van der Waals surface area contributed by atoms with Crippen molar-refractivity contribution in [1.82, 2.24) is 4.90 Å². The number of likely N-dealkylation sites (tertiary alicyclic amines) is 1. The van der Waals surface area contributed by atoms with Crippen LogP contribution in [0.3, 0.4) is 0 Å². The van der Waals surface area contributed by atoms with Gasteiger partial charge in [0.15, 0.2) is 11.5 Å². The van der Waals surface area contributed by atoms with Crippen LogP contribution in [0.1, 0.15) is 114 Å². The predicted molar refractivity (Wildman–Crippen MR) is 165 cm³/mol. The lowest BCUT2D eigenvalue weighted by Gasteiger charge is -2.26.